The van der Waals surface area contributed by atoms with Crippen molar-refractivity contribution in [3.8, 4) is 5.75 Å². The quantitative estimate of drug-likeness (QED) is 0.750. The Kier molecular flexibility index (Phi) is 1.73. The summed E-state index contributed by atoms with van der Waals surface area (Å²) in [6.07, 6.45) is 0.859. The number of nitrogens with two attached hydrogens (primary N) is 1. The molecule has 0 fully saturated rings. The summed E-state index contributed by atoms with van der Waals surface area (Å²) in [5, 5.41) is 0. The van der Waals surface area contributed by atoms with Crippen LogP contribution in [0, 0.1) is 0 Å². The van der Waals surface area contributed by atoms with Crippen LogP contribution in [0.25, 0.3) is 11.0 Å². The number of rotatable bonds is 1. The summed E-state index contributed by atoms with van der Waals surface area (Å²) < 4.78 is 7.51. The third kappa shape index (κ3) is 1.15. The lowest BCUT2D eigenvalue weighted by atomic mass is 10.2. The molecule has 78 valence electrons. The first kappa shape index (κ1) is 8.73. The number of nitrogens with zero attached hydrogens (tertiary/aromatic N) is 2. The van der Waals surface area contributed by atoms with E-state index in [-0.39, 0.29) is 6.04 Å². The lowest BCUT2D eigenvalue weighted by Gasteiger charge is -2.06. The molecule has 1 aromatic carbocycles. The van der Waals surface area contributed by atoms with E-state index in [2.05, 4.69) is 9.55 Å². The third-order valence-corrected chi connectivity index (χ3v) is 2.89. The standard InChI is InChI=1S/C11H13N3O/c1-15-9-4-2-3-8-11(9)14-6-7(12)5-10(14)13-8/h2-4,7H,5-6,12H2,1H3. The molecule has 1 atom stereocenters. The van der Waals surface area contributed by atoms with Gasteiger partial charge in [0.1, 0.15) is 17.1 Å². The number of ether oxygens (including phenoxy) is 1. The van der Waals surface area contributed by atoms with Gasteiger partial charge < -0.3 is 15.0 Å². The lowest BCUT2D eigenvalue weighted by Crippen LogP contribution is -2.20. The van der Waals surface area contributed by atoms with Gasteiger partial charge >= 0.3 is 0 Å². The molecule has 4 heteroatoms. The molecule has 15 heavy (non-hydrogen) atoms. The number of imidazole rings is 1. The molecule has 2 heterocycles. The van der Waals surface area contributed by atoms with Gasteiger partial charge in [0.05, 0.1) is 12.6 Å². The van der Waals surface area contributed by atoms with Gasteiger partial charge in [-0.15, -0.1) is 0 Å². The van der Waals surface area contributed by atoms with Crippen LogP contribution in [0.5, 0.6) is 5.75 Å². The fraction of sp³-hybridized carbons (Fsp3) is 0.364. The van der Waals surface area contributed by atoms with E-state index < -0.39 is 0 Å². The molecular weight excluding hydrogens is 190 g/mol. The fourth-order valence-electron chi connectivity index (χ4n) is 2.25. The molecule has 1 aliphatic heterocycles. The average Bonchev–Trinajstić information content (AvgIpc) is 2.72. The zero-order valence-electron chi connectivity index (χ0n) is 8.60. The van der Waals surface area contributed by atoms with Crippen LogP contribution in [0.1, 0.15) is 5.82 Å². The van der Waals surface area contributed by atoms with Crippen LogP contribution in [-0.2, 0) is 13.0 Å². The SMILES string of the molecule is COc1cccc2nc3n(c12)CC(N)C3. The number of aromatic nitrogens is 2. The Bertz CT molecular complexity index is 518. The predicted octanol–water partition coefficient (Wildman–Crippen LogP) is 0.928. The summed E-state index contributed by atoms with van der Waals surface area (Å²) in [7, 11) is 1.68. The highest BCUT2D eigenvalue weighted by Gasteiger charge is 2.23. The van der Waals surface area contributed by atoms with Gasteiger partial charge in [0.15, 0.2) is 0 Å². The molecule has 4 nitrogen and oxygen atoms in total. The van der Waals surface area contributed by atoms with Gasteiger partial charge in [0, 0.05) is 19.0 Å². The second-order valence-electron chi connectivity index (χ2n) is 3.93. The Labute approximate surface area is 87.7 Å². The minimum atomic E-state index is 0.196. The molecule has 1 aliphatic rings. The maximum atomic E-state index is 5.91. The molecule has 0 bridgehead atoms. The van der Waals surface area contributed by atoms with Crippen molar-refractivity contribution in [3.63, 3.8) is 0 Å². The highest BCUT2D eigenvalue weighted by Crippen LogP contribution is 2.29. The van der Waals surface area contributed by atoms with Crippen molar-refractivity contribution < 1.29 is 4.74 Å². The predicted molar refractivity (Wildman–Crippen MR) is 58.0 cm³/mol. The van der Waals surface area contributed by atoms with Crippen molar-refractivity contribution in [2.24, 2.45) is 5.73 Å². The van der Waals surface area contributed by atoms with E-state index >= 15 is 0 Å². The van der Waals surface area contributed by atoms with E-state index in [0.717, 1.165) is 35.6 Å². The molecule has 1 aromatic heterocycles. The van der Waals surface area contributed by atoms with Crippen molar-refractivity contribution >= 4 is 11.0 Å². The Morgan fingerprint density at radius 1 is 1.53 bits per heavy atom. The monoisotopic (exact) mass is 203 g/mol. The molecule has 2 N–H and O–H groups in total. The maximum absolute atomic E-state index is 5.91. The van der Waals surface area contributed by atoms with E-state index in [1.54, 1.807) is 7.11 Å². The Morgan fingerprint density at radius 3 is 3.20 bits per heavy atom. The molecule has 0 aliphatic carbocycles. The topological polar surface area (TPSA) is 53.1 Å². The van der Waals surface area contributed by atoms with Crippen LogP contribution in [0.2, 0.25) is 0 Å². The van der Waals surface area contributed by atoms with Crippen molar-refractivity contribution in [1.82, 2.24) is 9.55 Å². The second kappa shape index (κ2) is 2.97. The van der Waals surface area contributed by atoms with Gasteiger partial charge in [-0.3, -0.25) is 0 Å². The first-order valence-corrected chi connectivity index (χ1v) is 5.07. The summed E-state index contributed by atoms with van der Waals surface area (Å²) in [5.74, 6) is 1.95. The largest absolute Gasteiger partial charge is 0.494 e. The summed E-state index contributed by atoms with van der Waals surface area (Å²) in [6, 6.07) is 6.13. The molecule has 1 unspecified atom stereocenters. The highest BCUT2D eigenvalue weighted by molar-refractivity contribution is 5.83. The van der Waals surface area contributed by atoms with Gasteiger partial charge in [0.25, 0.3) is 0 Å². The summed E-state index contributed by atoms with van der Waals surface area (Å²) in [6.45, 7) is 0.839. The third-order valence-electron chi connectivity index (χ3n) is 2.89. The Balaban J connectivity index is 2.31. The van der Waals surface area contributed by atoms with Crippen LogP contribution >= 0.6 is 0 Å². The minimum Gasteiger partial charge on any atom is -0.494 e. The number of methoxy groups -OCH3 is 1. The van der Waals surface area contributed by atoms with Crippen LogP contribution in [0.4, 0.5) is 0 Å². The van der Waals surface area contributed by atoms with Gasteiger partial charge in [-0.2, -0.15) is 0 Å². The molecule has 2 aromatic rings. The number of benzene rings is 1. The molecule has 0 saturated heterocycles. The number of fused-ring (bicyclic) bond motifs is 3. The van der Waals surface area contributed by atoms with Gasteiger partial charge in [-0.05, 0) is 12.1 Å². The number of hydrogen-bond donors (Lipinski definition) is 1. The van der Waals surface area contributed by atoms with Gasteiger partial charge in [-0.25, -0.2) is 4.98 Å². The maximum Gasteiger partial charge on any atom is 0.144 e. The van der Waals surface area contributed by atoms with Crippen molar-refractivity contribution in [2.45, 2.75) is 19.0 Å². The van der Waals surface area contributed by atoms with Crippen LogP contribution < -0.4 is 10.5 Å². The fourth-order valence-corrected chi connectivity index (χ4v) is 2.25. The zero-order chi connectivity index (χ0) is 10.4. The first-order chi connectivity index (χ1) is 7.29. The smallest absolute Gasteiger partial charge is 0.144 e. The molecule has 0 saturated carbocycles. The lowest BCUT2D eigenvalue weighted by molar-refractivity contribution is 0.417. The average molecular weight is 203 g/mol. The number of para-hydroxylation sites is 1. The molecule has 0 spiro atoms. The zero-order valence-corrected chi connectivity index (χ0v) is 8.60. The van der Waals surface area contributed by atoms with Crippen molar-refractivity contribution in [3.05, 3.63) is 24.0 Å². The van der Waals surface area contributed by atoms with Crippen molar-refractivity contribution in [1.29, 1.82) is 0 Å². The first-order valence-electron chi connectivity index (χ1n) is 5.07. The van der Waals surface area contributed by atoms with E-state index in [9.17, 15) is 0 Å². The Morgan fingerprint density at radius 2 is 2.40 bits per heavy atom. The Hall–Kier alpha value is -1.55. The molecular formula is C11H13N3O. The minimum absolute atomic E-state index is 0.196. The number of hydrogen-bond acceptors (Lipinski definition) is 3. The van der Waals surface area contributed by atoms with E-state index in [0.29, 0.717) is 0 Å². The van der Waals surface area contributed by atoms with Crippen LogP contribution in [-0.4, -0.2) is 22.7 Å². The molecule has 3 rings (SSSR count). The normalized spacial score (nSPS) is 19.5. The summed E-state index contributed by atoms with van der Waals surface area (Å²) >= 11 is 0. The summed E-state index contributed by atoms with van der Waals surface area (Å²) in [4.78, 5) is 4.56. The van der Waals surface area contributed by atoms with Crippen LogP contribution in [0.15, 0.2) is 18.2 Å². The van der Waals surface area contributed by atoms with Crippen molar-refractivity contribution in [2.75, 3.05) is 7.11 Å². The van der Waals surface area contributed by atoms with E-state index in [1.165, 1.54) is 0 Å². The van der Waals surface area contributed by atoms with Crippen LogP contribution in [0.3, 0.4) is 0 Å². The second-order valence-corrected chi connectivity index (χ2v) is 3.93. The van der Waals surface area contributed by atoms with E-state index in [1.807, 2.05) is 18.2 Å². The van der Waals surface area contributed by atoms with Gasteiger partial charge in [-0.1, -0.05) is 6.07 Å². The summed E-state index contributed by atoms with van der Waals surface area (Å²) in [5.41, 5.74) is 7.98. The molecule has 0 amide bonds. The highest BCUT2D eigenvalue weighted by atomic mass is 16.5. The van der Waals surface area contributed by atoms with E-state index in [4.69, 9.17) is 10.5 Å². The molecule has 0 radical (unpaired) electrons. The van der Waals surface area contributed by atoms with Gasteiger partial charge in [0.2, 0.25) is 0 Å².